The van der Waals surface area contributed by atoms with E-state index in [-0.39, 0.29) is 5.82 Å². The van der Waals surface area contributed by atoms with E-state index in [1.165, 1.54) is 26.4 Å². The normalized spacial score (nSPS) is 15.6. The fraction of sp³-hybridized carbons (Fsp3) is 0.600. The van der Waals surface area contributed by atoms with Crippen LogP contribution in [-0.2, 0) is 6.54 Å². The fourth-order valence-corrected chi connectivity index (χ4v) is 2.48. The Kier molecular flexibility index (Phi) is 5.16. The van der Waals surface area contributed by atoms with Crippen molar-refractivity contribution in [2.45, 2.75) is 38.3 Å². The van der Waals surface area contributed by atoms with Crippen LogP contribution in [0.15, 0.2) is 18.2 Å². The van der Waals surface area contributed by atoms with Crippen molar-refractivity contribution in [1.82, 2.24) is 4.90 Å². The molecule has 0 amide bonds. The monoisotopic (exact) mass is 266 g/mol. The Labute approximate surface area is 114 Å². The average molecular weight is 266 g/mol. The summed E-state index contributed by atoms with van der Waals surface area (Å²) in [4.78, 5) is 2.43. The number of benzene rings is 1. The van der Waals surface area contributed by atoms with Crippen LogP contribution in [0.4, 0.5) is 4.39 Å². The molecule has 1 aromatic rings. The number of nitrogens with zero attached hydrogens (tertiary/aromatic N) is 1. The zero-order valence-electron chi connectivity index (χ0n) is 11.6. The highest BCUT2D eigenvalue weighted by Gasteiger charge is 2.24. The summed E-state index contributed by atoms with van der Waals surface area (Å²) < 4.78 is 18.6. The summed E-state index contributed by atoms with van der Waals surface area (Å²) in [7, 11) is 1.49. The molecule has 1 fully saturated rings. The lowest BCUT2D eigenvalue weighted by Crippen LogP contribution is -2.40. The molecule has 0 atom stereocenters. The molecule has 2 N–H and O–H groups in total. The Bertz CT molecular complexity index is 407. The molecular weight excluding hydrogens is 243 g/mol. The third kappa shape index (κ3) is 3.67. The molecule has 0 heterocycles. The molecule has 1 aliphatic rings. The van der Waals surface area contributed by atoms with Crippen LogP contribution >= 0.6 is 0 Å². The predicted molar refractivity (Wildman–Crippen MR) is 74.7 cm³/mol. The van der Waals surface area contributed by atoms with Gasteiger partial charge in [0.15, 0.2) is 11.6 Å². The van der Waals surface area contributed by atoms with Gasteiger partial charge < -0.3 is 10.5 Å². The van der Waals surface area contributed by atoms with Gasteiger partial charge in [-0.2, -0.15) is 0 Å². The van der Waals surface area contributed by atoms with Gasteiger partial charge in [-0.05, 0) is 50.0 Å². The van der Waals surface area contributed by atoms with E-state index in [9.17, 15) is 4.39 Å². The second-order valence-electron chi connectivity index (χ2n) is 5.17. The van der Waals surface area contributed by atoms with Crippen LogP contribution in [0.3, 0.4) is 0 Å². The van der Waals surface area contributed by atoms with Gasteiger partial charge in [0.05, 0.1) is 7.11 Å². The summed E-state index contributed by atoms with van der Waals surface area (Å²) in [5, 5.41) is 0. The summed E-state index contributed by atoms with van der Waals surface area (Å²) in [6.45, 7) is 2.50. The highest BCUT2D eigenvalue weighted by atomic mass is 19.1. The lowest BCUT2D eigenvalue weighted by Gasteiger charge is -2.37. The molecule has 19 heavy (non-hydrogen) atoms. The molecule has 1 aromatic carbocycles. The minimum absolute atomic E-state index is 0.285. The standard InChI is InChI=1S/C15H23FN2O/c1-19-15-7-6-12(10-14(15)16)11-18(9-3-8-17)13-4-2-5-13/h6-7,10,13H,2-5,8-9,11,17H2,1H3. The third-order valence-corrected chi connectivity index (χ3v) is 3.84. The molecular formula is C15H23FN2O. The Morgan fingerprint density at radius 3 is 2.74 bits per heavy atom. The van der Waals surface area contributed by atoms with Crippen molar-refractivity contribution in [1.29, 1.82) is 0 Å². The number of halogens is 1. The Hall–Kier alpha value is -1.13. The van der Waals surface area contributed by atoms with Crippen LogP contribution in [0, 0.1) is 5.82 Å². The van der Waals surface area contributed by atoms with Crippen LogP contribution in [0.1, 0.15) is 31.2 Å². The van der Waals surface area contributed by atoms with Crippen molar-refractivity contribution in [2.75, 3.05) is 20.2 Å². The molecule has 3 nitrogen and oxygen atoms in total. The maximum Gasteiger partial charge on any atom is 0.165 e. The van der Waals surface area contributed by atoms with Gasteiger partial charge in [0.25, 0.3) is 0 Å². The molecule has 0 saturated heterocycles. The summed E-state index contributed by atoms with van der Waals surface area (Å²) in [5.74, 6) is 0.0216. The number of methoxy groups -OCH3 is 1. The van der Waals surface area contributed by atoms with Gasteiger partial charge in [0.1, 0.15) is 0 Å². The molecule has 0 unspecified atom stereocenters. The van der Waals surface area contributed by atoms with Crippen LogP contribution < -0.4 is 10.5 Å². The van der Waals surface area contributed by atoms with E-state index in [0.29, 0.717) is 18.3 Å². The number of hydrogen-bond acceptors (Lipinski definition) is 3. The molecule has 2 rings (SSSR count). The second kappa shape index (κ2) is 6.87. The molecule has 0 aromatic heterocycles. The SMILES string of the molecule is COc1ccc(CN(CCCN)C2CCC2)cc1F. The molecule has 0 spiro atoms. The van der Waals surface area contributed by atoms with Crippen molar-refractivity contribution < 1.29 is 9.13 Å². The molecule has 1 aliphatic carbocycles. The maximum absolute atomic E-state index is 13.7. The minimum Gasteiger partial charge on any atom is -0.494 e. The third-order valence-electron chi connectivity index (χ3n) is 3.84. The molecule has 0 aliphatic heterocycles. The van der Waals surface area contributed by atoms with E-state index in [1.807, 2.05) is 6.07 Å². The predicted octanol–water partition coefficient (Wildman–Crippen LogP) is 2.54. The summed E-state index contributed by atoms with van der Waals surface area (Å²) >= 11 is 0. The van der Waals surface area contributed by atoms with Crippen molar-refractivity contribution in [3.8, 4) is 5.75 Å². The van der Waals surface area contributed by atoms with Gasteiger partial charge in [-0.3, -0.25) is 4.90 Å². The topological polar surface area (TPSA) is 38.5 Å². The van der Waals surface area contributed by atoms with Crippen LogP contribution in [0.2, 0.25) is 0 Å². The number of nitrogens with two attached hydrogens (primary N) is 1. The largest absolute Gasteiger partial charge is 0.494 e. The van der Waals surface area contributed by atoms with Gasteiger partial charge in [0.2, 0.25) is 0 Å². The smallest absolute Gasteiger partial charge is 0.165 e. The molecule has 4 heteroatoms. The summed E-state index contributed by atoms with van der Waals surface area (Å²) in [6, 6.07) is 5.87. The zero-order valence-corrected chi connectivity index (χ0v) is 11.6. The number of ether oxygens (including phenoxy) is 1. The first kappa shape index (κ1) is 14.3. The lowest BCUT2D eigenvalue weighted by atomic mass is 9.91. The molecule has 0 bridgehead atoms. The maximum atomic E-state index is 13.7. The van der Waals surface area contributed by atoms with Crippen molar-refractivity contribution >= 4 is 0 Å². The molecule has 1 saturated carbocycles. The zero-order chi connectivity index (χ0) is 13.7. The van der Waals surface area contributed by atoms with Crippen LogP contribution in [0.5, 0.6) is 5.75 Å². The lowest BCUT2D eigenvalue weighted by molar-refractivity contribution is 0.118. The quantitative estimate of drug-likeness (QED) is 0.824. The van der Waals surface area contributed by atoms with E-state index in [0.717, 1.165) is 25.1 Å². The molecule has 106 valence electrons. The molecule has 0 radical (unpaired) electrons. The van der Waals surface area contributed by atoms with Crippen molar-refractivity contribution in [2.24, 2.45) is 5.73 Å². The number of hydrogen-bond donors (Lipinski definition) is 1. The fourth-order valence-electron chi connectivity index (χ4n) is 2.48. The summed E-state index contributed by atoms with van der Waals surface area (Å²) in [6.07, 6.45) is 4.81. The Morgan fingerprint density at radius 1 is 1.42 bits per heavy atom. The summed E-state index contributed by atoms with van der Waals surface area (Å²) in [5.41, 5.74) is 6.59. The van der Waals surface area contributed by atoms with E-state index in [4.69, 9.17) is 10.5 Å². The van der Waals surface area contributed by atoms with Gasteiger partial charge in [-0.25, -0.2) is 4.39 Å². The van der Waals surface area contributed by atoms with Crippen LogP contribution in [0.25, 0.3) is 0 Å². The second-order valence-corrected chi connectivity index (χ2v) is 5.17. The van der Waals surface area contributed by atoms with Gasteiger partial charge >= 0.3 is 0 Å². The highest BCUT2D eigenvalue weighted by Crippen LogP contribution is 2.27. The van der Waals surface area contributed by atoms with Crippen molar-refractivity contribution in [3.05, 3.63) is 29.6 Å². The number of rotatable bonds is 7. The first-order chi connectivity index (χ1) is 9.24. The minimum atomic E-state index is -0.285. The highest BCUT2D eigenvalue weighted by molar-refractivity contribution is 5.29. The average Bonchev–Trinajstić information content (AvgIpc) is 2.34. The van der Waals surface area contributed by atoms with Gasteiger partial charge in [0, 0.05) is 12.6 Å². The first-order valence-corrected chi connectivity index (χ1v) is 7.01. The van der Waals surface area contributed by atoms with Gasteiger partial charge in [-0.1, -0.05) is 12.5 Å². The Balaban J connectivity index is 2.01. The Morgan fingerprint density at radius 2 is 2.21 bits per heavy atom. The van der Waals surface area contributed by atoms with E-state index in [1.54, 1.807) is 12.1 Å². The van der Waals surface area contributed by atoms with Crippen molar-refractivity contribution in [3.63, 3.8) is 0 Å². The van der Waals surface area contributed by atoms with Crippen LogP contribution in [-0.4, -0.2) is 31.1 Å². The van der Waals surface area contributed by atoms with E-state index in [2.05, 4.69) is 4.90 Å². The van der Waals surface area contributed by atoms with E-state index < -0.39 is 0 Å². The first-order valence-electron chi connectivity index (χ1n) is 7.01. The van der Waals surface area contributed by atoms with E-state index >= 15 is 0 Å². The van der Waals surface area contributed by atoms with Gasteiger partial charge in [-0.15, -0.1) is 0 Å².